The molecule has 0 aromatic rings. The Kier molecular flexibility index (Phi) is 2.40. The lowest BCUT2D eigenvalue weighted by atomic mass is 10.1. The van der Waals surface area contributed by atoms with Crippen molar-refractivity contribution < 1.29 is 10.0 Å². The van der Waals surface area contributed by atoms with Crippen LogP contribution in [-0.4, -0.2) is 15.7 Å². The molecule has 0 heterocycles. The Morgan fingerprint density at radius 1 is 1.42 bits per heavy atom. The fourth-order valence-electron chi connectivity index (χ4n) is 0.795. The van der Waals surface area contributed by atoms with E-state index in [0.717, 1.165) is 0 Å². The summed E-state index contributed by atoms with van der Waals surface area (Å²) in [6.45, 7) is 0. The molecule has 0 aromatic carbocycles. The summed E-state index contributed by atoms with van der Waals surface area (Å²) >= 11 is 5.55. The van der Waals surface area contributed by atoms with Crippen LogP contribution in [0, 0.1) is 10.4 Å². The molecule has 0 bridgehead atoms. The first-order valence-electron chi connectivity index (χ1n) is 3.06. The smallest absolute Gasteiger partial charge is 0.233 e. The van der Waals surface area contributed by atoms with Gasteiger partial charge < -0.3 is 15.5 Å². The highest BCUT2D eigenvalue weighted by molar-refractivity contribution is 6.33. The first kappa shape index (κ1) is 8.67. The average molecular weight is 187 g/mol. The average Bonchev–Trinajstić information content (AvgIpc) is 2.03. The molecule has 0 fully saturated rings. The second-order valence-corrected chi connectivity index (χ2v) is 2.53. The Morgan fingerprint density at radius 3 is 2.58 bits per heavy atom. The van der Waals surface area contributed by atoms with E-state index in [4.69, 9.17) is 16.7 Å². The van der Waals surface area contributed by atoms with Crippen molar-refractivity contribution in [3.63, 3.8) is 0 Å². The number of aliphatic hydroxyl groups is 1. The third kappa shape index (κ3) is 1.60. The van der Waals surface area contributed by atoms with Crippen LogP contribution >= 0.6 is 11.6 Å². The lowest BCUT2D eigenvalue weighted by Gasteiger charge is -2.10. The number of hydrogen-bond acceptors (Lipinski definition) is 3. The van der Waals surface area contributed by atoms with E-state index in [1.165, 1.54) is 18.2 Å². The van der Waals surface area contributed by atoms with E-state index >= 15 is 0 Å². The zero-order valence-corrected chi connectivity index (χ0v) is 6.65. The van der Waals surface area contributed by atoms with Crippen LogP contribution in [0.15, 0.2) is 35.1 Å². The molecule has 5 heteroatoms. The summed E-state index contributed by atoms with van der Waals surface area (Å²) in [5, 5.41) is 29.6. The van der Waals surface area contributed by atoms with Crippen molar-refractivity contribution in [2.75, 3.05) is 0 Å². The minimum Gasteiger partial charge on any atom is -0.612 e. The lowest BCUT2D eigenvalue weighted by Crippen LogP contribution is -2.11. The number of halogens is 1. The third-order valence-electron chi connectivity index (χ3n) is 1.33. The predicted octanol–water partition coefficient (Wildman–Crippen LogP) is 1.57. The van der Waals surface area contributed by atoms with E-state index in [1.54, 1.807) is 0 Å². The van der Waals surface area contributed by atoms with E-state index in [9.17, 15) is 10.4 Å². The summed E-state index contributed by atoms with van der Waals surface area (Å²) in [5.74, 6) is 0. The minimum atomic E-state index is -0.585. The molecule has 0 atom stereocenters. The molecule has 1 aliphatic carbocycles. The number of aliphatic hydroxyl groups excluding tert-OH is 1. The highest BCUT2D eigenvalue weighted by Crippen LogP contribution is 2.15. The van der Waals surface area contributed by atoms with Gasteiger partial charge in [-0.3, -0.25) is 0 Å². The predicted molar refractivity (Wildman–Crippen MR) is 45.8 cm³/mol. The molecule has 0 amide bonds. The zero-order chi connectivity index (χ0) is 9.14. The molecular formula is C7H5ClNO3-. The monoisotopic (exact) mass is 186 g/mol. The van der Waals surface area contributed by atoms with Crippen molar-refractivity contribution in [3.8, 4) is 0 Å². The van der Waals surface area contributed by atoms with Gasteiger partial charge in [0.15, 0.2) is 0 Å². The molecule has 0 saturated heterocycles. The van der Waals surface area contributed by atoms with Gasteiger partial charge in [0.1, 0.15) is 0 Å². The fourth-order valence-corrected chi connectivity index (χ4v) is 0.976. The fraction of sp³-hybridized carbons (Fsp3) is 0. The van der Waals surface area contributed by atoms with Crippen LogP contribution < -0.4 is 0 Å². The van der Waals surface area contributed by atoms with Gasteiger partial charge in [-0.15, -0.1) is 0 Å². The largest absolute Gasteiger partial charge is 0.612 e. The number of nitrogens with zero attached hydrogens (tertiary/aromatic N) is 1. The van der Waals surface area contributed by atoms with Gasteiger partial charge in [-0.25, -0.2) is 0 Å². The van der Waals surface area contributed by atoms with Crippen LogP contribution in [0.5, 0.6) is 0 Å². The summed E-state index contributed by atoms with van der Waals surface area (Å²) in [4.78, 5) is -0.585. The maximum Gasteiger partial charge on any atom is 0.233 e. The van der Waals surface area contributed by atoms with Gasteiger partial charge in [-0.05, 0) is 12.2 Å². The van der Waals surface area contributed by atoms with Crippen molar-refractivity contribution in [2.45, 2.75) is 0 Å². The van der Waals surface area contributed by atoms with Crippen molar-refractivity contribution in [1.82, 2.24) is 0 Å². The van der Waals surface area contributed by atoms with Crippen molar-refractivity contribution >= 4 is 17.3 Å². The van der Waals surface area contributed by atoms with Crippen LogP contribution in [0.2, 0.25) is 0 Å². The summed E-state index contributed by atoms with van der Waals surface area (Å²) in [7, 11) is 0. The van der Waals surface area contributed by atoms with Gasteiger partial charge in [0.05, 0.1) is 11.8 Å². The van der Waals surface area contributed by atoms with Crippen LogP contribution in [0.3, 0.4) is 0 Å². The lowest BCUT2D eigenvalue weighted by molar-refractivity contribution is -0.377. The van der Waals surface area contributed by atoms with E-state index in [2.05, 4.69) is 0 Å². The normalized spacial score (nSPS) is 19.6. The van der Waals surface area contributed by atoms with Gasteiger partial charge in [0.25, 0.3) is 0 Å². The molecule has 0 aromatic heterocycles. The standard InChI is InChI=1S/C7H5ClNO3/c8-6-1-2-7(9(11)12)5(3-6)4-10/h1-4H,(H-,10,11,12)/q-1. The quantitative estimate of drug-likeness (QED) is 0.355. The van der Waals surface area contributed by atoms with Crippen molar-refractivity contribution in [1.29, 1.82) is 0 Å². The highest BCUT2D eigenvalue weighted by Gasteiger charge is 2.13. The second kappa shape index (κ2) is 3.32. The first-order chi connectivity index (χ1) is 5.65. The molecule has 0 radical (unpaired) electrons. The van der Waals surface area contributed by atoms with Crippen LogP contribution in [0.4, 0.5) is 0 Å². The molecule has 0 saturated carbocycles. The van der Waals surface area contributed by atoms with E-state index in [0.29, 0.717) is 11.3 Å². The maximum absolute atomic E-state index is 10.3. The highest BCUT2D eigenvalue weighted by atomic mass is 35.5. The van der Waals surface area contributed by atoms with Crippen LogP contribution in [0.1, 0.15) is 0 Å². The molecular weight excluding hydrogens is 182 g/mol. The molecule has 1 rings (SSSR count). The van der Waals surface area contributed by atoms with Gasteiger partial charge in [-0.2, -0.15) is 4.90 Å². The third-order valence-corrected chi connectivity index (χ3v) is 1.56. The van der Waals surface area contributed by atoms with E-state index in [1.807, 2.05) is 0 Å². The van der Waals surface area contributed by atoms with Gasteiger partial charge in [-0.1, -0.05) is 11.6 Å². The Morgan fingerprint density at radius 2 is 2.08 bits per heavy atom. The molecule has 1 N–H and O–H groups in total. The van der Waals surface area contributed by atoms with E-state index < -0.39 is 4.90 Å². The van der Waals surface area contributed by atoms with Crippen LogP contribution in [-0.2, 0) is 0 Å². The molecule has 0 aliphatic heterocycles. The Bertz CT molecular complexity index is 311. The Balaban J connectivity index is 3.14. The number of rotatable bonds is 0. The summed E-state index contributed by atoms with van der Waals surface area (Å²) in [6, 6.07) is 0. The molecule has 0 spiro atoms. The Labute approximate surface area is 73.6 Å². The molecule has 12 heavy (non-hydrogen) atoms. The Hall–Kier alpha value is -1.42. The van der Waals surface area contributed by atoms with Crippen molar-refractivity contribution in [2.24, 2.45) is 0 Å². The maximum atomic E-state index is 10.3. The molecule has 1 aliphatic rings. The zero-order valence-electron chi connectivity index (χ0n) is 5.90. The van der Waals surface area contributed by atoms with Crippen LogP contribution in [0.25, 0.3) is 0 Å². The summed E-state index contributed by atoms with van der Waals surface area (Å²) < 4.78 is 0. The van der Waals surface area contributed by atoms with E-state index in [-0.39, 0.29) is 11.3 Å². The number of hydrogen-bond donors (Lipinski definition) is 1. The van der Waals surface area contributed by atoms with Gasteiger partial charge in [0, 0.05) is 11.1 Å². The molecule has 0 unspecified atom stereocenters. The summed E-state index contributed by atoms with van der Waals surface area (Å²) in [6.07, 6.45) is 4.61. The minimum absolute atomic E-state index is 0.104. The molecule has 4 nitrogen and oxygen atoms in total. The van der Waals surface area contributed by atoms with Gasteiger partial charge >= 0.3 is 0 Å². The number of allylic oxidation sites excluding steroid dienone is 5. The SMILES string of the molecule is [O-][N+]([O-])=C1C=CC(Cl)=CC1=CO. The van der Waals surface area contributed by atoms with Gasteiger partial charge in [0.2, 0.25) is 5.71 Å². The summed E-state index contributed by atoms with van der Waals surface area (Å²) in [5.41, 5.74) is -0.0607. The van der Waals surface area contributed by atoms with Crippen molar-refractivity contribution in [3.05, 3.63) is 45.5 Å². The second-order valence-electron chi connectivity index (χ2n) is 2.09. The first-order valence-corrected chi connectivity index (χ1v) is 3.44. The topological polar surface area (TPSA) is 69.4 Å². The molecule has 64 valence electrons.